The van der Waals surface area contributed by atoms with Crippen LogP contribution in [-0.4, -0.2) is 13.0 Å². The first-order chi connectivity index (χ1) is 6.18. The maximum atomic E-state index is 11.4. The number of rotatable bonds is 0. The fraction of sp³-hybridized carbons (Fsp3) is 0.273. The second-order valence-electron chi connectivity index (χ2n) is 3.42. The summed E-state index contributed by atoms with van der Waals surface area (Å²) in [6.07, 6.45) is 1.47. The van der Waals surface area contributed by atoms with Crippen molar-refractivity contribution in [3.05, 3.63) is 36.2 Å². The summed E-state index contributed by atoms with van der Waals surface area (Å²) in [5.74, 6) is 0.198. The van der Waals surface area contributed by atoms with E-state index in [1.54, 1.807) is 4.90 Å². The van der Waals surface area contributed by atoms with Crippen molar-refractivity contribution in [2.24, 2.45) is 0 Å². The number of nitrogens with zero attached hydrogens (tertiary/aromatic N) is 1. The number of aryl methyl sites for hydroxylation is 1. The topological polar surface area (TPSA) is 20.3 Å². The smallest absolute Gasteiger partial charge is 0.227 e. The highest BCUT2D eigenvalue weighted by Crippen LogP contribution is 2.26. The lowest BCUT2D eigenvalue weighted by molar-refractivity contribution is -0.118. The Kier molecular flexibility index (Phi) is 1.83. The average Bonchev–Trinajstić information content (AvgIpc) is 2.12. The Balaban J connectivity index is 2.49. The standard InChI is InChI=1S/C11H12NO/c1-8-3-5-10-9(7-8)4-6-11(13)12(10)2/h3,5,7H,1,4,6H2,2H3. The van der Waals surface area contributed by atoms with Gasteiger partial charge in [0.1, 0.15) is 0 Å². The molecule has 0 saturated carbocycles. The maximum absolute atomic E-state index is 11.4. The van der Waals surface area contributed by atoms with Crippen molar-refractivity contribution in [2.45, 2.75) is 12.8 Å². The predicted octanol–water partition coefficient (Wildman–Crippen LogP) is 1.78. The van der Waals surface area contributed by atoms with E-state index in [4.69, 9.17) is 0 Å². The normalized spacial score (nSPS) is 15.8. The van der Waals surface area contributed by atoms with Crippen LogP contribution in [0.3, 0.4) is 0 Å². The zero-order valence-electron chi connectivity index (χ0n) is 7.71. The summed E-state index contributed by atoms with van der Waals surface area (Å²) in [5, 5.41) is 0. The van der Waals surface area contributed by atoms with Crippen molar-refractivity contribution in [1.82, 2.24) is 0 Å². The van der Waals surface area contributed by atoms with Gasteiger partial charge >= 0.3 is 0 Å². The molecule has 0 fully saturated rings. The minimum atomic E-state index is 0.198. The van der Waals surface area contributed by atoms with Crippen LogP contribution < -0.4 is 4.90 Å². The number of carbonyl (C=O) groups is 1. The Labute approximate surface area is 78.2 Å². The lowest BCUT2D eigenvalue weighted by atomic mass is 10.00. The van der Waals surface area contributed by atoms with Gasteiger partial charge in [0.05, 0.1) is 0 Å². The fourth-order valence-corrected chi connectivity index (χ4v) is 1.71. The molecule has 2 nitrogen and oxygen atoms in total. The minimum Gasteiger partial charge on any atom is -0.315 e. The molecule has 2 rings (SSSR count). The van der Waals surface area contributed by atoms with E-state index in [0.29, 0.717) is 6.42 Å². The quantitative estimate of drug-likeness (QED) is 0.587. The molecule has 1 heterocycles. The van der Waals surface area contributed by atoms with Crippen LogP contribution in [0, 0.1) is 6.92 Å². The average molecular weight is 174 g/mol. The molecule has 67 valence electrons. The molecule has 0 atom stereocenters. The van der Waals surface area contributed by atoms with Gasteiger partial charge < -0.3 is 4.90 Å². The summed E-state index contributed by atoms with van der Waals surface area (Å²) >= 11 is 0. The van der Waals surface area contributed by atoms with Crippen molar-refractivity contribution in [2.75, 3.05) is 11.9 Å². The van der Waals surface area contributed by atoms with Crippen molar-refractivity contribution in [3.63, 3.8) is 0 Å². The van der Waals surface area contributed by atoms with Gasteiger partial charge in [-0.05, 0) is 30.5 Å². The molecule has 1 aromatic rings. The SMILES string of the molecule is [CH2]c1ccc2c(c1)CCC(=O)N2C. The fourth-order valence-electron chi connectivity index (χ4n) is 1.71. The van der Waals surface area contributed by atoms with E-state index in [2.05, 4.69) is 13.0 Å². The molecule has 1 aliphatic rings. The van der Waals surface area contributed by atoms with Crippen LogP contribution >= 0.6 is 0 Å². The Bertz CT molecular complexity index is 357. The number of hydrogen-bond donors (Lipinski definition) is 0. The Hall–Kier alpha value is -1.31. The van der Waals surface area contributed by atoms with Gasteiger partial charge in [-0.3, -0.25) is 4.79 Å². The second-order valence-corrected chi connectivity index (χ2v) is 3.42. The van der Waals surface area contributed by atoms with Gasteiger partial charge in [-0.15, -0.1) is 0 Å². The third kappa shape index (κ3) is 1.32. The van der Waals surface area contributed by atoms with E-state index in [0.717, 1.165) is 17.7 Å². The Morgan fingerprint density at radius 1 is 1.38 bits per heavy atom. The summed E-state index contributed by atoms with van der Waals surface area (Å²) in [7, 11) is 1.82. The number of carbonyl (C=O) groups excluding carboxylic acids is 1. The molecule has 0 bridgehead atoms. The molecule has 1 radical (unpaired) electrons. The molecular weight excluding hydrogens is 162 g/mol. The lowest BCUT2D eigenvalue weighted by Crippen LogP contribution is -2.30. The number of amides is 1. The van der Waals surface area contributed by atoms with Gasteiger partial charge in [-0.25, -0.2) is 0 Å². The van der Waals surface area contributed by atoms with Crippen molar-refractivity contribution in [3.8, 4) is 0 Å². The summed E-state index contributed by atoms with van der Waals surface area (Å²) < 4.78 is 0. The third-order valence-corrected chi connectivity index (χ3v) is 2.49. The molecule has 13 heavy (non-hydrogen) atoms. The van der Waals surface area contributed by atoms with Crippen LogP contribution in [0.5, 0.6) is 0 Å². The van der Waals surface area contributed by atoms with Gasteiger partial charge in [0.2, 0.25) is 5.91 Å². The number of fused-ring (bicyclic) bond motifs is 1. The monoisotopic (exact) mass is 174 g/mol. The molecule has 0 N–H and O–H groups in total. The lowest BCUT2D eigenvalue weighted by Gasteiger charge is -2.25. The van der Waals surface area contributed by atoms with E-state index in [9.17, 15) is 4.79 Å². The van der Waals surface area contributed by atoms with Crippen LogP contribution in [0.1, 0.15) is 17.5 Å². The molecular formula is C11H12NO. The maximum Gasteiger partial charge on any atom is 0.227 e. The molecule has 2 heteroatoms. The summed E-state index contributed by atoms with van der Waals surface area (Å²) in [6, 6.07) is 5.96. The molecule has 0 saturated heterocycles. The highest BCUT2D eigenvalue weighted by atomic mass is 16.2. The van der Waals surface area contributed by atoms with Gasteiger partial charge in [0.15, 0.2) is 0 Å². The van der Waals surface area contributed by atoms with Crippen LogP contribution in [0.4, 0.5) is 5.69 Å². The van der Waals surface area contributed by atoms with E-state index in [1.807, 2.05) is 19.2 Å². The minimum absolute atomic E-state index is 0.198. The third-order valence-electron chi connectivity index (χ3n) is 2.49. The summed E-state index contributed by atoms with van der Waals surface area (Å²) in [6.45, 7) is 3.87. The second kappa shape index (κ2) is 2.87. The number of benzene rings is 1. The molecule has 1 aromatic carbocycles. The zero-order valence-corrected chi connectivity index (χ0v) is 7.71. The molecule has 1 aliphatic heterocycles. The zero-order chi connectivity index (χ0) is 9.42. The van der Waals surface area contributed by atoms with Crippen LogP contribution in [0.15, 0.2) is 18.2 Å². The molecule has 0 spiro atoms. The highest BCUT2D eigenvalue weighted by molar-refractivity contribution is 5.95. The first-order valence-corrected chi connectivity index (χ1v) is 4.40. The van der Waals surface area contributed by atoms with Crippen LogP contribution in [0.2, 0.25) is 0 Å². The van der Waals surface area contributed by atoms with E-state index < -0.39 is 0 Å². The van der Waals surface area contributed by atoms with Crippen LogP contribution in [-0.2, 0) is 11.2 Å². The van der Waals surface area contributed by atoms with Crippen molar-refractivity contribution < 1.29 is 4.79 Å². The molecule has 0 unspecified atom stereocenters. The van der Waals surface area contributed by atoms with Crippen molar-refractivity contribution >= 4 is 11.6 Å². The molecule has 1 amide bonds. The molecule has 0 aromatic heterocycles. The van der Waals surface area contributed by atoms with Gasteiger partial charge in [0, 0.05) is 19.2 Å². The van der Waals surface area contributed by atoms with Gasteiger partial charge in [-0.1, -0.05) is 12.1 Å². The number of anilines is 1. The van der Waals surface area contributed by atoms with Gasteiger partial charge in [-0.2, -0.15) is 0 Å². The first kappa shape index (κ1) is 8.30. The first-order valence-electron chi connectivity index (χ1n) is 4.40. The summed E-state index contributed by atoms with van der Waals surface area (Å²) in [5.41, 5.74) is 3.28. The van der Waals surface area contributed by atoms with Crippen molar-refractivity contribution in [1.29, 1.82) is 0 Å². The largest absolute Gasteiger partial charge is 0.315 e. The van der Waals surface area contributed by atoms with Gasteiger partial charge in [0.25, 0.3) is 0 Å². The van der Waals surface area contributed by atoms with Crippen LogP contribution in [0.25, 0.3) is 0 Å². The van der Waals surface area contributed by atoms with E-state index in [1.165, 1.54) is 5.56 Å². The predicted molar refractivity (Wildman–Crippen MR) is 52.6 cm³/mol. The van der Waals surface area contributed by atoms with E-state index >= 15 is 0 Å². The Morgan fingerprint density at radius 2 is 2.15 bits per heavy atom. The number of hydrogen-bond acceptors (Lipinski definition) is 1. The summed E-state index contributed by atoms with van der Waals surface area (Å²) in [4.78, 5) is 13.1. The van der Waals surface area contributed by atoms with E-state index in [-0.39, 0.29) is 5.91 Å². The molecule has 0 aliphatic carbocycles. The Morgan fingerprint density at radius 3 is 2.92 bits per heavy atom. The highest BCUT2D eigenvalue weighted by Gasteiger charge is 2.19.